The Morgan fingerprint density at radius 3 is 2.78 bits per heavy atom. The van der Waals surface area contributed by atoms with Gasteiger partial charge in [0.05, 0.1) is 0 Å². The van der Waals surface area contributed by atoms with Crippen LogP contribution >= 0.6 is 15.9 Å². The molecule has 1 aromatic rings. The highest BCUT2D eigenvalue weighted by Crippen LogP contribution is 2.27. The smallest absolute Gasteiger partial charge is 0.120 e. The molecular formula is C15H22BrNO. The predicted molar refractivity (Wildman–Crippen MR) is 79.1 cm³/mol. The first-order valence-electron chi connectivity index (χ1n) is 6.81. The Kier molecular flexibility index (Phi) is 5.07. The van der Waals surface area contributed by atoms with Crippen LogP contribution in [-0.2, 0) is 0 Å². The SMILES string of the molecule is CC1(NCCOc2cccc(Br)c2)CCCCC1. The molecule has 0 atom stereocenters. The molecule has 0 unspecified atom stereocenters. The minimum atomic E-state index is 0.332. The fourth-order valence-corrected chi connectivity index (χ4v) is 2.97. The lowest BCUT2D eigenvalue weighted by Crippen LogP contribution is -2.45. The summed E-state index contributed by atoms with van der Waals surface area (Å²) in [6.07, 6.45) is 6.70. The van der Waals surface area contributed by atoms with E-state index in [1.54, 1.807) is 0 Å². The van der Waals surface area contributed by atoms with Crippen LogP contribution in [0.25, 0.3) is 0 Å². The lowest BCUT2D eigenvalue weighted by atomic mass is 9.83. The van der Waals surface area contributed by atoms with Crippen LogP contribution < -0.4 is 10.1 Å². The number of nitrogens with one attached hydrogen (secondary N) is 1. The molecule has 2 rings (SSSR count). The zero-order valence-electron chi connectivity index (χ0n) is 11.0. The van der Waals surface area contributed by atoms with Gasteiger partial charge >= 0.3 is 0 Å². The van der Waals surface area contributed by atoms with Crippen molar-refractivity contribution in [2.45, 2.75) is 44.6 Å². The van der Waals surface area contributed by atoms with Gasteiger partial charge in [-0.05, 0) is 38.0 Å². The van der Waals surface area contributed by atoms with Gasteiger partial charge in [0.15, 0.2) is 0 Å². The lowest BCUT2D eigenvalue weighted by Gasteiger charge is -2.34. The molecule has 100 valence electrons. The van der Waals surface area contributed by atoms with Crippen molar-refractivity contribution in [3.63, 3.8) is 0 Å². The average molecular weight is 312 g/mol. The van der Waals surface area contributed by atoms with Crippen LogP contribution in [0, 0.1) is 0 Å². The van der Waals surface area contributed by atoms with Crippen LogP contribution in [0.5, 0.6) is 5.75 Å². The van der Waals surface area contributed by atoms with E-state index in [4.69, 9.17) is 4.74 Å². The van der Waals surface area contributed by atoms with E-state index in [0.29, 0.717) is 5.54 Å². The molecule has 0 spiro atoms. The summed E-state index contributed by atoms with van der Waals surface area (Å²) >= 11 is 3.45. The first-order valence-corrected chi connectivity index (χ1v) is 7.61. The van der Waals surface area contributed by atoms with Gasteiger partial charge in [-0.2, -0.15) is 0 Å². The molecule has 18 heavy (non-hydrogen) atoms. The summed E-state index contributed by atoms with van der Waals surface area (Å²) in [5.41, 5.74) is 0.332. The molecule has 0 radical (unpaired) electrons. The van der Waals surface area contributed by atoms with Crippen LogP contribution in [0.1, 0.15) is 39.0 Å². The summed E-state index contributed by atoms with van der Waals surface area (Å²) in [5, 5.41) is 3.65. The Bertz CT molecular complexity index is 375. The number of hydrogen-bond acceptors (Lipinski definition) is 2. The van der Waals surface area contributed by atoms with Crippen molar-refractivity contribution < 1.29 is 4.74 Å². The van der Waals surface area contributed by atoms with Gasteiger partial charge in [-0.15, -0.1) is 0 Å². The minimum absolute atomic E-state index is 0.332. The van der Waals surface area contributed by atoms with Gasteiger partial charge in [-0.1, -0.05) is 41.3 Å². The molecule has 1 N–H and O–H groups in total. The van der Waals surface area contributed by atoms with E-state index >= 15 is 0 Å². The molecule has 1 aromatic carbocycles. The third kappa shape index (κ3) is 4.29. The second-order valence-corrected chi connectivity index (χ2v) is 6.27. The zero-order valence-corrected chi connectivity index (χ0v) is 12.6. The van der Waals surface area contributed by atoms with Crippen LogP contribution in [0.3, 0.4) is 0 Å². The van der Waals surface area contributed by atoms with Gasteiger partial charge in [-0.25, -0.2) is 0 Å². The Hall–Kier alpha value is -0.540. The summed E-state index contributed by atoms with van der Waals surface area (Å²) in [6, 6.07) is 8.00. The normalized spacial score (nSPS) is 18.6. The molecule has 1 saturated carbocycles. The summed E-state index contributed by atoms with van der Waals surface area (Å²) < 4.78 is 6.79. The maximum absolute atomic E-state index is 5.73. The van der Waals surface area contributed by atoms with E-state index in [2.05, 4.69) is 28.2 Å². The highest BCUT2D eigenvalue weighted by atomic mass is 79.9. The molecule has 1 fully saturated rings. The first kappa shape index (κ1) is 13.9. The minimum Gasteiger partial charge on any atom is -0.492 e. The predicted octanol–water partition coefficient (Wildman–Crippen LogP) is 4.14. The molecule has 3 heteroatoms. The van der Waals surface area contributed by atoms with Crippen molar-refractivity contribution in [3.05, 3.63) is 28.7 Å². The van der Waals surface area contributed by atoms with Crippen LogP contribution in [0.15, 0.2) is 28.7 Å². The van der Waals surface area contributed by atoms with Gasteiger partial charge < -0.3 is 10.1 Å². The van der Waals surface area contributed by atoms with Crippen LogP contribution in [0.4, 0.5) is 0 Å². The van der Waals surface area contributed by atoms with Gasteiger partial charge in [0.25, 0.3) is 0 Å². The Balaban J connectivity index is 1.69. The number of benzene rings is 1. The average Bonchev–Trinajstić information content (AvgIpc) is 2.36. The number of rotatable bonds is 5. The van der Waals surface area contributed by atoms with E-state index < -0.39 is 0 Å². The van der Waals surface area contributed by atoms with Crippen molar-refractivity contribution >= 4 is 15.9 Å². The van der Waals surface area contributed by atoms with E-state index in [0.717, 1.165) is 23.4 Å². The maximum Gasteiger partial charge on any atom is 0.120 e. The molecular weight excluding hydrogens is 290 g/mol. The summed E-state index contributed by atoms with van der Waals surface area (Å²) in [6.45, 7) is 3.99. The Labute approximate surface area is 118 Å². The summed E-state index contributed by atoms with van der Waals surface area (Å²) in [4.78, 5) is 0. The molecule has 1 aliphatic rings. The molecule has 0 saturated heterocycles. The fourth-order valence-electron chi connectivity index (χ4n) is 2.59. The van der Waals surface area contributed by atoms with Gasteiger partial charge in [0.2, 0.25) is 0 Å². The quantitative estimate of drug-likeness (QED) is 0.825. The van der Waals surface area contributed by atoms with E-state index in [9.17, 15) is 0 Å². The van der Waals surface area contributed by atoms with Gasteiger partial charge in [0, 0.05) is 16.6 Å². The van der Waals surface area contributed by atoms with E-state index in [1.165, 1.54) is 32.1 Å². The Morgan fingerprint density at radius 1 is 1.28 bits per heavy atom. The molecule has 1 aliphatic carbocycles. The number of halogens is 1. The molecule has 2 nitrogen and oxygen atoms in total. The highest BCUT2D eigenvalue weighted by molar-refractivity contribution is 9.10. The van der Waals surface area contributed by atoms with Crippen molar-refractivity contribution in [3.8, 4) is 5.75 Å². The molecule has 0 amide bonds. The first-order chi connectivity index (χ1) is 8.68. The lowest BCUT2D eigenvalue weighted by molar-refractivity contribution is 0.227. The molecule has 0 aromatic heterocycles. The number of hydrogen-bond donors (Lipinski definition) is 1. The topological polar surface area (TPSA) is 21.3 Å². The van der Waals surface area contributed by atoms with Gasteiger partial charge in [-0.3, -0.25) is 0 Å². The molecule has 0 bridgehead atoms. The maximum atomic E-state index is 5.73. The number of ether oxygens (including phenoxy) is 1. The second-order valence-electron chi connectivity index (χ2n) is 5.35. The van der Waals surface area contributed by atoms with Crippen LogP contribution in [-0.4, -0.2) is 18.7 Å². The molecule has 0 aliphatic heterocycles. The summed E-state index contributed by atoms with van der Waals surface area (Å²) in [5.74, 6) is 0.931. The third-order valence-electron chi connectivity index (χ3n) is 3.68. The van der Waals surface area contributed by atoms with Crippen molar-refractivity contribution in [2.24, 2.45) is 0 Å². The monoisotopic (exact) mass is 311 g/mol. The summed E-state index contributed by atoms with van der Waals surface area (Å²) in [7, 11) is 0. The highest BCUT2D eigenvalue weighted by Gasteiger charge is 2.25. The third-order valence-corrected chi connectivity index (χ3v) is 4.17. The van der Waals surface area contributed by atoms with Crippen molar-refractivity contribution in [2.75, 3.05) is 13.2 Å². The van der Waals surface area contributed by atoms with Crippen molar-refractivity contribution in [1.29, 1.82) is 0 Å². The largest absolute Gasteiger partial charge is 0.492 e. The van der Waals surface area contributed by atoms with E-state index in [1.807, 2.05) is 24.3 Å². The molecule has 0 heterocycles. The van der Waals surface area contributed by atoms with Crippen LogP contribution in [0.2, 0.25) is 0 Å². The zero-order chi connectivity index (χ0) is 12.8. The van der Waals surface area contributed by atoms with Crippen molar-refractivity contribution in [1.82, 2.24) is 5.32 Å². The fraction of sp³-hybridized carbons (Fsp3) is 0.600. The van der Waals surface area contributed by atoms with E-state index in [-0.39, 0.29) is 0 Å². The Morgan fingerprint density at radius 2 is 2.06 bits per heavy atom. The second kappa shape index (κ2) is 6.58. The standard InChI is InChI=1S/C15H22BrNO/c1-15(8-3-2-4-9-15)17-10-11-18-14-7-5-6-13(16)12-14/h5-7,12,17H,2-4,8-11H2,1H3. The van der Waals surface area contributed by atoms with Gasteiger partial charge in [0.1, 0.15) is 12.4 Å².